The molecule has 0 aliphatic carbocycles. The van der Waals surface area contributed by atoms with Crippen molar-refractivity contribution in [1.82, 2.24) is 9.55 Å². The lowest BCUT2D eigenvalue weighted by molar-refractivity contribution is -0.146. The number of nitrogens with two attached hydrogens (primary N) is 1. The first-order chi connectivity index (χ1) is 11.9. The molecule has 2 rings (SSSR count). The summed E-state index contributed by atoms with van der Waals surface area (Å²) in [5.74, 6) is -0.485. The van der Waals surface area contributed by atoms with E-state index in [0.717, 1.165) is 7.11 Å². The highest BCUT2D eigenvalue weighted by Gasteiger charge is 2.28. The summed E-state index contributed by atoms with van der Waals surface area (Å²) in [6, 6.07) is 0. The first-order valence-corrected chi connectivity index (χ1v) is 8.68. The number of aliphatic hydroxyl groups is 1. The average Bonchev–Trinajstić information content (AvgIpc) is 3.07. The highest BCUT2D eigenvalue weighted by molar-refractivity contribution is 7.71. The molecule has 10 heteroatoms. The minimum absolute atomic E-state index is 0.123. The SMILES string of the molecule is CCC.CO.NCC(=O)OCC1CCC(n2cc(Cl)c(=S)[nH]c2=O)O1. The van der Waals surface area contributed by atoms with Crippen molar-refractivity contribution in [2.75, 3.05) is 20.3 Å². The van der Waals surface area contributed by atoms with Crippen molar-refractivity contribution in [2.24, 2.45) is 5.73 Å². The van der Waals surface area contributed by atoms with E-state index in [1.54, 1.807) is 0 Å². The van der Waals surface area contributed by atoms with Gasteiger partial charge >= 0.3 is 11.7 Å². The number of ether oxygens (including phenoxy) is 2. The van der Waals surface area contributed by atoms with Crippen LogP contribution in [0, 0.1) is 4.64 Å². The molecule has 8 nitrogen and oxygen atoms in total. The number of carbonyl (C=O) groups excluding carboxylic acids is 1. The molecule has 0 spiro atoms. The van der Waals surface area contributed by atoms with Crippen LogP contribution in [0.3, 0.4) is 0 Å². The van der Waals surface area contributed by atoms with Crippen LogP contribution in [0.5, 0.6) is 0 Å². The van der Waals surface area contributed by atoms with Gasteiger partial charge in [0.1, 0.15) is 17.5 Å². The number of hydrogen-bond acceptors (Lipinski definition) is 7. The second kappa shape index (κ2) is 13.0. The normalized spacial score (nSPS) is 18.5. The van der Waals surface area contributed by atoms with Crippen LogP contribution in [-0.2, 0) is 14.3 Å². The molecule has 1 fully saturated rings. The number of carbonyl (C=O) groups is 1. The van der Waals surface area contributed by atoms with Crippen LogP contribution in [0.4, 0.5) is 0 Å². The molecule has 1 aliphatic heterocycles. The molecule has 144 valence electrons. The Bertz CT molecular complexity index is 634. The maximum Gasteiger partial charge on any atom is 0.328 e. The van der Waals surface area contributed by atoms with E-state index in [-0.39, 0.29) is 34.6 Å². The van der Waals surface area contributed by atoms with Crippen molar-refractivity contribution >= 4 is 29.8 Å². The highest BCUT2D eigenvalue weighted by atomic mass is 35.5. The van der Waals surface area contributed by atoms with Crippen molar-refractivity contribution < 1.29 is 19.4 Å². The van der Waals surface area contributed by atoms with Crippen LogP contribution in [0.1, 0.15) is 39.3 Å². The number of nitrogens with zero attached hydrogens (tertiary/aromatic N) is 1. The van der Waals surface area contributed by atoms with Crippen LogP contribution in [0.15, 0.2) is 11.0 Å². The minimum Gasteiger partial charge on any atom is -0.462 e. The first-order valence-electron chi connectivity index (χ1n) is 7.89. The van der Waals surface area contributed by atoms with Crippen LogP contribution in [-0.4, -0.2) is 47.0 Å². The van der Waals surface area contributed by atoms with Crippen molar-refractivity contribution in [1.29, 1.82) is 0 Å². The fraction of sp³-hybridized carbons (Fsp3) is 0.667. The molecule has 0 bridgehead atoms. The second-order valence-electron chi connectivity index (χ2n) is 5.03. The first kappa shape index (κ1) is 23.7. The Morgan fingerprint density at radius 2 is 2.12 bits per heavy atom. The molecule has 1 saturated heterocycles. The summed E-state index contributed by atoms with van der Waals surface area (Å²) in [6.45, 7) is 4.21. The van der Waals surface area contributed by atoms with Gasteiger partial charge in [0.25, 0.3) is 0 Å². The van der Waals surface area contributed by atoms with Gasteiger partial charge in [0.05, 0.1) is 17.7 Å². The van der Waals surface area contributed by atoms with Crippen LogP contribution in [0.25, 0.3) is 0 Å². The van der Waals surface area contributed by atoms with Gasteiger partial charge in [-0.3, -0.25) is 14.3 Å². The van der Waals surface area contributed by atoms with E-state index in [1.807, 2.05) is 0 Å². The number of hydrogen-bond donors (Lipinski definition) is 3. The lowest BCUT2D eigenvalue weighted by Crippen LogP contribution is -2.28. The molecule has 0 amide bonds. The number of halogens is 1. The molecule has 4 N–H and O–H groups in total. The molecule has 0 aromatic carbocycles. The molecule has 25 heavy (non-hydrogen) atoms. The van der Waals surface area contributed by atoms with E-state index >= 15 is 0 Å². The molecule has 1 aromatic heterocycles. The van der Waals surface area contributed by atoms with Crippen LogP contribution in [0.2, 0.25) is 5.02 Å². The lowest BCUT2D eigenvalue weighted by atomic mass is 10.2. The predicted octanol–water partition coefficient (Wildman–Crippen LogP) is 1.76. The zero-order chi connectivity index (χ0) is 19.4. The maximum atomic E-state index is 11.8. The maximum absolute atomic E-state index is 11.8. The zero-order valence-electron chi connectivity index (χ0n) is 14.7. The quantitative estimate of drug-likeness (QED) is 0.524. The number of esters is 1. The van der Waals surface area contributed by atoms with E-state index in [1.165, 1.54) is 17.2 Å². The summed E-state index contributed by atoms with van der Waals surface area (Å²) in [5, 5.41) is 7.28. The number of aromatic nitrogens is 2. The Balaban J connectivity index is 0.00000104. The predicted molar refractivity (Wildman–Crippen MR) is 98.2 cm³/mol. The summed E-state index contributed by atoms with van der Waals surface area (Å²) >= 11 is 10.8. The van der Waals surface area contributed by atoms with E-state index in [2.05, 4.69) is 18.8 Å². The number of aromatic amines is 1. The van der Waals surface area contributed by atoms with E-state index < -0.39 is 12.2 Å². The van der Waals surface area contributed by atoms with Crippen molar-refractivity contribution in [2.45, 2.75) is 45.4 Å². The summed E-state index contributed by atoms with van der Waals surface area (Å²) < 4.78 is 12.1. The third-order valence-corrected chi connectivity index (χ3v) is 3.64. The summed E-state index contributed by atoms with van der Waals surface area (Å²) in [5.41, 5.74) is 4.75. The van der Waals surface area contributed by atoms with E-state index in [0.29, 0.717) is 12.8 Å². The summed E-state index contributed by atoms with van der Waals surface area (Å²) in [6.07, 6.45) is 3.27. The molecule has 2 atom stereocenters. The lowest BCUT2D eigenvalue weighted by Gasteiger charge is -2.16. The van der Waals surface area contributed by atoms with Gasteiger partial charge in [-0.25, -0.2) is 4.79 Å². The molecule has 2 unspecified atom stereocenters. The monoisotopic (exact) mass is 395 g/mol. The molecule has 0 radical (unpaired) electrons. The number of rotatable bonds is 4. The van der Waals surface area contributed by atoms with Crippen molar-refractivity contribution in [3.05, 3.63) is 26.3 Å². The van der Waals surface area contributed by atoms with Gasteiger partial charge in [0.15, 0.2) is 0 Å². The topological polar surface area (TPSA) is 120 Å². The highest BCUT2D eigenvalue weighted by Crippen LogP contribution is 2.27. The Labute approximate surface area is 156 Å². The Morgan fingerprint density at radius 3 is 2.68 bits per heavy atom. The van der Waals surface area contributed by atoms with Crippen LogP contribution >= 0.6 is 23.8 Å². The standard InChI is InChI=1S/C11H14ClN3O4S.C3H8.CH4O/c12-7-4-15(11(17)14-10(7)20)8-2-1-6(19-8)5-18-9(16)3-13;1-3-2;1-2/h4,6,8H,1-3,5,13H2,(H,14,17,20);3H2,1-2H3;2H,1H3. The third-order valence-electron chi connectivity index (χ3n) is 2.92. The van der Waals surface area contributed by atoms with Crippen molar-refractivity contribution in [3.63, 3.8) is 0 Å². The average molecular weight is 396 g/mol. The van der Waals surface area contributed by atoms with Gasteiger partial charge in [-0.05, 0) is 12.8 Å². The summed E-state index contributed by atoms with van der Waals surface area (Å²) in [4.78, 5) is 25.2. The van der Waals surface area contributed by atoms with Crippen molar-refractivity contribution in [3.8, 4) is 0 Å². The Hall–Kier alpha value is -1.26. The third kappa shape index (κ3) is 8.10. The Morgan fingerprint density at radius 1 is 1.52 bits per heavy atom. The molecular weight excluding hydrogens is 370 g/mol. The molecule has 0 saturated carbocycles. The molecule has 1 aliphatic rings. The number of aliphatic hydroxyl groups excluding tert-OH is 1. The fourth-order valence-corrected chi connectivity index (χ4v) is 2.23. The largest absolute Gasteiger partial charge is 0.462 e. The van der Waals surface area contributed by atoms with Gasteiger partial charge in [-0.2, -0.15) is 0 Å². The van der Waals surface area contributed by atoms with Gasteiger partial charge < -0.3 is 20.3 Å². The fourth-order valence-electron chi connectivity index (χ4n) is 1.93. The summed E-state index contributed by atoms with van der Waals surface area (Å²) in [7, 11) is 1.00. The van der Waals surface area contributed by atoms with Gasteiger partial charge in [-0.15, -0.1) is 0 Å². The number of H-pyrrole nitrogens is 1. The molecule has 1 aromatic rings. The molecular formula is C15H26ClN3O5S. The minimum atomic E-state index is -0.485. The molecule has 2 heterocycles. The van der Waals surface area contributed by atoms with Crippen LogP contribution < -0.4 is 11.4 Å². The smallest absolute Gasteiger partial charge is 0.328 e. The zero-order valence-corrected chi connectivity index (χ0v) is 16.2. The van der Waals surface area contributed by atoms with E-state index in [9.17, 15) is 9.59 Å². The second-order valence-corrected chi connectivity index (χ2v) is 5.84. The Kier molecular flexibility index (Phi) is 12.4. The van der Waals surface area contributed by atoms with E-state index in [4.69, 9.17) is 44.1 Å². The number of nitrogens with one attached hydrogen (secondary N) is 1. The van der Waals surface area contributed by atoms with Gasteiger partial charge in [0, 0.05) is 13.3 Å². The van der Waals surface area contributed by atoms with Gasteiger partial charge in [-0.1, -0.05) is 44.1 Å². The van der Waals surface area contributed by atoms with Gasteiger partial charge in [0.2, 0.25) is 0 Å².